The maximum absolute atomic E-state index is 12.1. The number of ether oxygens (including phenoxy) is 1. The SMILES string of the molecule is CCNC(=NCc1ccc(-n2cccn2)cc1)N1CCCC(C(=O)OCC)C1.I. The van der Waals surface area contributed by atoms with Gasteiger partial charge in [0.2, 0.25) is 0 Å². The Hall–Kier alpha value is -2.10. The number of carbonyl (C=O) groups is 1. The highest BCUT2D eigenvalue weighted by atomic mass is 127. The standard InChI is InChI=1S/C21H29N5O2.HI/c1-3-22-21(25-13-5-7-18(16-25)20(27)28-4-2)23-15-17-8-10-19(11-9-17)26-14-6-12-24-26;/h6,8-12,14,18H,3-5,7,13,15-16H2,1-2H3,(H,22,23);1H. The maximum Gasteiger partial charge on any atom is 0.310 e. The number of hydrogen-bond donors (Lipinski definition) is 1. The number of aliphatic imine (C=N–C) groups is 1. The van der Waals surface area contributed by atoms with E-state index in [9.17, 15) is 4.79 Å². The zero-order valence-corrected chi connectivity index (χ0v) is 19.4. The van der Waals surface area contributed by atoms with Crippen LogP contribution in [0.4, 0.5) is 0 Å². The van der Waals surface area contributed by atoms with Crippen LogP contribution in [0.2, 0.25) is 0 Å². The van der Waals surface area contributed by atoms with Crippen LogP contribution in [-0.4, -0.2) is 52.9 Å². The molecule has 3 rings (SSSR count). The summed E-state index contributed by atoms with van der Waals surface area (Å²) in [4.78, 5) is 19.1. The van der Waals surface area contributed by atoms with Crippen molar-refractivity contribution in [1.29, 1.82) is 0 Å². The minimum absolute atomic E-state index is 0. The number of carbonyl (C=O) groups excluding carboxylic acids is 1. The zero-order chi connectivity index (χ0) is 19.8. The van der Waals surface area contributed by atoms with E-state index in [1.165, 1.54) is 0 Å². The van der Waals surface area contributed by atoms with Crippen molar-refractivity contribution >= 4 is 35.9 Å². The topological polar surface area (TPSA) is 71.8 Å². The first-order valence-electron chi connectivity index (χ1n) is 10.00. The van der Waals surface area contributed by atoms with Crippen LogP contribution < -0.4 is 5.32 Å². The van der Waals surface area contributed by atoms with E-state index in [-0.39, 0.29) is 35.9 Å². The Kier molecular flexibility index (Phi) is 9.43. The fourth-order valence-electron chi connectivity index (χ4n) is 3.39. The van der Waals surface area contributed by atoms with Gasteiger partial charge < -0.3 is 15.0 Å². The summed E-state index contributed by atoms with van der Waals surface area (Å²) in [5.41, 5.74) is 2.16. The largest absolute Gasteiger partial charge is 0.466 e. The fraction of sp³-hybridized carbons (Fsp3) is 0.476. The number of halogens is 1. The molecule has 1 aromatic carbocycles. The lowest BCUT2D eigenvalue weighted by molar-refractivity contribution is -0.149. The number of likely N-dealkylation sites (tertiary alicyclic amines) is 1. The summed E-state index contributed by atoms with van der Waals surface area (Å²) in [5.74, 6) is 0.677. The lowest BCUT2D eigenvalue weighted by Crippen LogP contribution is -2.48. The van der Waals surface area contributed by atoms with Crippen molar-refractivity contribution < 1.29 is 9.53 Å². The van der Waals surface area contributed by atoms with Gasteiger partial charge in [-0.3, -0.25) is 4.79 Å². The van der Waals surface area contributed by atoms with Crippen molar-refractivity contribution in [2.45, 2.75) is 33.2 Å². The van der Waals surface area contributed by atoms with Crippen LogP contribution in [0, 0.1) is 5.92 Å². The third kappa shape index (κ3) is 6.45. The first kappa shape index (κ1) is 23.2. The third-order valence-electron chi connectivity index (χ3n) is 4.79. The smallest absolute Gasteiger partial charge is 0.310 e. The number of nitrogens with zero attached hydrogens (tertiary/aromatic N) is 4. The Morgan fingerprint density at radius 1 is 1.31 bits per heavy atom. The van der Waals surface area contributed by atoms with E-state index >= 15 is 0 Å². The molecule has 1 saturated heterocycles. The second-order valence-corrected chi connectivity index (χ2v) is 6.82. The molecule has 0 saturated carbocycles. The number of guanidine groups is 1. The first-order valence-corrected chi connectivity index (χ1v) is 10.00. The molecule has 2 heterocycles. The molecule has 2 aromatic rings. The van der Waals surface area contributed by atoms with Crippen molar-refractivity contribution in [3.05, 3.63) is 48.3 Å². The fourth-order valence-corrected chi connectivity index (χ4v) is 3.39. The van der Waals surface area contributed by atoms with E-state index in [2.05, 4.69) is 34.4 Å². The highest BCUT2D eigenvalue weighted by Crippen LogP contribution is 2.18. The molecule has 0 spiro atoms. The van der Waals surface area contributed by atoms with Crippen LogP contribution in [-0.2, 0) is 16.1 Å². The Bertz CT molecular complexity index is 777. The van der Waals surface area contributed by atoms with Gasteiger partial charge in [0.05, 0.1) is 24.8 Å². The number of piperidine rings is 1. The van der Waals surface area contributed by atoms with E-state index < -0.39 is 0 Å². The van der Waals surface area contributed by atoms with Gasteiger partial charge in [-0.2, -0.15) is 5.10 Å². The number of benzene rings is 1. The Morgan fingerprint density at radius 3 is 2.76 bits per heavy atom. The Balaban J connectivity index is 0.00000300. The molecule has 1 atom stereocenters. The second kappa shape index (κ2) is 11.8. The van der Waals surface area contributed by atoms with E-state index in [4.69, 9.17) is 9.73 Å². The summed E-state index contributed by atoms with van der Waals surface area (Å²) < 4.78 is 7.04. The molecule has 1 aromatic heterocycles. The van der Waals surface area contributed by atoms with Gasteiger partial charge in [-0.05, 0) is 50.5 Å². The number of rotatable bonds is 6. The molecule has 1 unspecified atom stereocenters. The average molecular weight is 511 g/mol. The van der Waals surface area contributed by atoms with Gasteiger partial charge in [-0.15, -0.1) is 24.0 Å². The maximum atomic E-state index is 12.1. The quantitative estimate of drug-likeness (QED) is 0.279. The van der Waals surface area contributed by atoms with Crippen LogP contribution in [0.1, 0.15) is 32.3 Å². The molecule has 0 bridgehead atoms. The Labute approximate surface area is 189 Å². The highest BCUT2D eigenvalue weighted by Gasteiger charge is 2.28. The van der Waals surface area contributed by atoms with Crippen LogP contribution in [0.25, 0.3) is 5.69 Å². The predicted octanol–water partition coefficient (Wildman–Crippen LogP) is 3.23. The number of nitrogens with one attached hydrogen (secondary N) is 1. The van der Waals surface area contributed by atoms with E-state index in [1.54, 1.807) is 6.20 Å². The molecule has 8 heteroatoms. The molecule has 1 aliphatic rings. The molecule has 29 heavy (non-hydrogen) atoms. The van der Waals surface area contributed by atoms with Gasteiger partial charge in [0.15, 0.2) is 5.96 Å². The molecule has 0 amide bonds. The van der Waals surface area contributed by atoms with Crippen molar-refractivity contribution in [3.63, 3.8) is 0 Å². The summed E-state index contributed by atoms with van der Waals surface area (Å²) in [5, 5.41) is 7.60. The first-order chi connectivity index (χ1) is 13.7. The summed E-state index contributed by atoms with van der Waals surface area (Å²) in [6.45, 7) is 7.27. The van der Waals surface area contributed by atoms with Crippen molar-refractivity contribution in [2.24, 2.45) is 10.9 Å². The summed E-state index contributed by atoms with van der Waals surface area (Å²) in [6, 6.07) is 10.1. The summed E-state index contributed by atoms with van der Waals surface area (Å²) >= 11 is 0. The molecule has 1 aliphatic heterocycles. The van der Waals surface area contributed by atoms with Crippen LogP contribution in [0.5, 0.6) is 0 Å². The Morgan fingerprint density at radius 2 is 2.10 bits per heavy atom. The molecule has 1 N–H and O–H groups in total. The van der Waals surface area contributed by atoms with Crippen LogP contribution in [0.15, 0.2) is 47.7 Å². The third-order valence-corrected chi connectivity index (χ3v) is 4.79. The molecule has 1 fully saturated rings. The van der Waals surface area contributed by atoms with Crippen molar-refractivity contribution in [3.8, 4) is 5.69 Å². The lowest BCUT2D eigenvalue weighted by atomic mass is 9.98. The monoisotopic (exact) mass is 511 g/mol. The highest BCUT2D eigenvalue weighted by molar-refractivity contribution is 14.0. The van der Waals surface area contributed by atoms with Gasteiger partial charge in [0.25, 0.3) is 0 Å². The molecule has 0 aliphatic carbocycles. The number of esters is 1. The van der Waals surface area contributed by atoms with Crippen LogP contribution >= 0.6 is 24.0 Å². The zero-order valence-electron chi connectivity index (χ0n) is 17.1. The van der Waals surface area contributed by atoms with Gasteiger partial charge in [0.1, 0.15) is 0 Å². The van der Waals surface area contributed by atoms with E-state index in [0.29, 0.717) is 19.7 Å². The molecular formula is C21H30IN5O2. The van der Waals surface area contributed by atoms with Gasteiger partial charge >= 0.3 is 5.97 Å². The second-order valence-electron chi connectivity index (χ2n) is 6.82. The van der Waals surface area contributed by atoms with E-state index in [0.717, 1.165) is 43.1 Å². The minimum Gasteiger partial charge on any atom is -0.466 e. The summed E-state index contributed by atoms with van der Waals surface area (Å²) in [6.07, 6.45) is 5.53. The molecule has 7 nitrogen and oxygen atoms in total. The van der Waals surface area contributed by atoms with E-state index in [1.807, 2.05) is 36.0 Å². The number of hydrogen-bond acceptors (Lipinski definition) is 4. The van der Waals surface area contributed by atoms with Gasteiger partial charge in [0, 0.05) is 32.0 Å². The van der Waals surface area contributed by atoms with Gasteiger partial charge in [-0.1, -0.05) is 12.1 Å². The normalized spacial score (nSPS) is 16.8. The van der Waals surface area contributed by atoms with Crippen LogP contribution in [0.3, 0.4) is 0 Å². The average Bonchev–Trinajstić information content (AvgIpc) is 3.27. The lowest BCUT2D eigenvalue weighted by Gasteiger charge is -2.34. The number of aromatic nitrogens is 2. The summed E-state index contributed by atoms with van der Waals surface area (Å²) in [7, 11) is 0. The molecular weight excluding hydrogens is 481 g/mol. The predicted molar refractivity (Wildman–Crippen MR) is 125 cm³/mol. The molecule has 158 valence electrons. The van der Waals surface area contributed by atoms with Crippen molar-refractivity contribution in [2.75, 3.05) is 26.2 Å². The van der Waals surface area contributed by atoms with Gasteiger partial charge in [-0.25, -0.2) is 9.67 Å². The minimum atomic E-state index is -0.0998. The molecule has 0 radical (unpaired) electrons. The van der Waals surface area contributed by atoms with Crippen molar-refractivity contribution in [1.82, 2.24) is 20.0 Å².